The van der Waals surface area contributed by atoms with Crippen molar-refractivity contribution in [2.24, 2.45) is 7.05 Å². The van der Waals surface area contributed by atoms with E-state index in [4.69, 9.17) is 11.6 Å². The summed E-state index contributed by atoms with van der Waals surface area (Å²) >= 11 is 6.35. The Hall–Kier alpha value is -3.94. The lowest BCUT2D eigenvalue weighted by atomic mass is 10.1. The molecule has 3 aromatic heterocycles. The van der Waals surface area contributed by atoms with Crippen LogP contribution in [0.2, 0.25) is 5.02 Å². The summed E-state index contributed by atoms with van der Waals surface area (Å²) in [6.45, 7) is 2.59. The van der Waals surface area contributed by atoms with Crippen molar-refractivity contribution in [1.82, 2.24) is 34.5 Å². The van der Waals surface area contributed by atoms with Crippen molar-refractivity contribution in [3.63, 3.8) is 0 Å². The molecule has 216 valence electrons. The first-order chi connectivity index (χ1) is 19.1. The predicted molar refractivity (Wildman–Crippen MR) is 148 cm³/mol. The van der Waals surface area contributed by atoms with Crippen LogP contribution < -0.4 is 10.6 Å². The number of hydrogen-bond donors (Lipinski definition) is 2. The third-order valence-corrected chi connectivity index (χ3v) is 6.74. The van der Waals surface area contributed by atoms with Crippen molar-refractivity contribution < 1.29 is 22.8 Å². The second kappa shape index (κ2) is 12.3. The van der Waals surface area contributed by atoms with Gasteiger partial charge in [-0.2, -0.15) is 18.3 Å². The van der Waals surface area contributed by atoms with E-state index in [0.717, 1.165) is 0 Å². The Kier molecular flexibility index (Phi) is 9.00. The Morgan fingerprint density at radius 3 is 2.56 bits per heavy atom. The van der Waals surface area contributed by atoms with Crippen LogP contribution in [0.5, 0.6) is 0 Å². The number of anilines is 1. The van der Waals surface area contributed by atoms with Gasteiger partial charge in [0, 0.05) is 57.5 Å². The molecule has 2 N–H and O–H groups in total. The largest absolute Gasteiger partial charge is 0.435 e. The number of rotatable bonds is 6. The number of nitrogens with one attached hydrogen (secondary N) is 2. The maximum atomic E-state index is 13.9. The zero-order valence-electron chi connectivity index (χ0n) is 21.7. The number of imidazole rings is 1. The van der Waals surface area contributed by atoms with Gasteiger partial charge in [0.15, 0.2) is 11.5 Å². The van der Waals surface area contributed by atoms with Gasteiger partial charge in [-0.05, 0) is 29.8 Å². The molecule has 0 atom stereocenters. The lowest BCUT2D eigenvalue weighted by Gasteiger charge is -2.27. The van der Waals surface area contributed by atoms with E-state index < -0.39 is 17.8 Å². The molecule has 0 bridgehead atoms. The Labute approximate surface area is 243 Å². The molecule has 4 heterocycles. The van der Waals surface area contributed by atoms with Gasteiger partial charge < -0.3 is 20.1 Å². The first kappa shape index (κ1) is 30.0. The zero-order chi connectivity index (χ0) is 28.4. The van der Waals surface area contributed by atoms with E-state index in [-0.39, 0.29) is 47.0 Å². The lowest BCUT2D eigenvalue weighted by Crippen LogP contribution is -2.46. The molecule has 2 amide bonds. The fourth-order valence-electron chi connectivity index (χ4n) is 4.44. The minimum Gasteiger partial charge on any atom is -0.336 e. The van der Waals surface area contributed by atoms with Crippen molar-refractivity contribution in [2.45, 2.75) is 12.7 Å². The van der Waals surface area contributed by atoms with Gasteiger partial charge in [0.05, 0.1) is 34.6 Å². The average molecular weight is 609 g/mol. The number of carbonyl (C=O) groups is 2. The van der Waals surface area contributed by atoms with E-state index in [2.05, 4.69) is 25.7 Å². The highest BCUT2D eigenvalue weighted by Crippen LogP contribution is 2.36. The number of hydrogen-bond acceptors (Lipinski definition) is 6. The third-order valence-electron chi connectivity index (χ3n) is 6.43. The lowest BCUT2D eigenvalue weighted by molar-refractivity contribution is -0.141. The van der Waals surface area contributed by atoms with Crippen LogP contribution in [0.4, 0.5) is 18.9 Å². The highest BCUT2D eigenvalue weighted by molar-refractivity contribution is 6.34. The number of amides is 2. The minimum absolute atomic E-state index is 0. The maximum absolute atomic E-state index is 13.9. The van der Waals surface area contributed by atoms with Gasteiger partial charge >= 0.3 is 6.18 Å². The van der Waals surface area contributed by atoms with Gasteiger partial charge in [-0.25, -0.2) is 4.98 Å². The molecule has 0 spiro atoms. The summed E-state index contributed by atoms with van der Waals surface area (Å²) in [5.41, 5.74) is 0.0345. The molecule has 41 heavy (non-hydrogen) atoms. The second-order valence-electron chi connectivity index (χ2n) is 9.17. The van der Waals surface area contributed by atoms with E-state index in [1.165, 1.54) is 46.9 Å². The molecule has 10 nitrogen and oxygen atoms in total. The van der Waals surface area contributed by atoms with Crippen LogP contribution in [0, 0.1) is 0 Å². The van der Waals surface area contributed by atoms with Crippen LogP contribution in [0.15, 0.2) is 55.1 Å². The predicted octanol–water partition coefficient (Wildman–Crippen LogP) is 4.12. The van der Waals surface area contributed by atoms with Crippen LogP contribution in [-0.2, 0) is 19.8 Å². The zero-order valence-corrected chi connectivity index (χ0v) is 23.2. The fraction of sp³-hybridized carbons (Fsp3) is 0.269. The Morgan fingerprint density at radius 2 is 1.90 bits per heavy atom. The molecule has 15 heteroatoms. The second-order valence-corrected chi connectivity index (χ2v) is 9.57. The molecule has 1 aliphatic rings. The fourth-order valence-corrected chi connectivity index (χ4v) is 4.70. The quantitative estimate of drug-likeness (QED) is 0.341. The molecule has 4 aromatic rings. The highest BCUT2D eigenvalue weighted by atomic mass is 35.5. The van der Waals surface area contributed by atoms with Gasteiger partial charge in [-0.3, -0.25) is 19.3 Å². The summed E-state index contributed by atoms with van der Waals surface area (Å²) < 4.78 is 44.1. The minimum atomic E-state index is -4.73. The standard InChI is InChI=1S/C26H24ClF3N8O2.ClH/c1-36-21(19-15-38(35-22(19)26(28,29)30)14-16-3-2-6-32-12-16)13-33-23(36)24(39)34-17-4-5-18(20(27)11-17)25(40)37-9-7-31-8-10-37;/h2-6,11-13,15,31H,7-10,14H2,1H3,(H,34,39);1H. The van der Waals surface area contributed by atoms with Crippen molar-refractivity contribution >= 4 is 41.5 Å². The normalized spacial score (nSPS) is 13.5. The SMILES string of the molecule is Cl.Cn1c(-c2cn(Cc3cccnc3)nc2C(F)(F)F)cnc1C(=O)Nc1ccc(C(=O)N2CCNCC2)c(Cl)c1. The van der Waals surface area contributed by atoms with Crippen molar-refractivity contribution in [1.29, 1.82) is 0 Å². The van der Waals surface area contributed by atoms with Crippen molar-refractivity contribution in [3.05, 3.63) is 82.8 Å². The molecule has 0 saturated carbocycles. The monoisotopic (exact) mass is 608 g/mol. The molecule has 1 aromatic carbocycles. The first-order valence-electron chi connectivity index (χ1n) is 12.3. The number of halogens is 5. The molecule has 0 radical (unpaired) electrons. The van der Waals surface area contributed by atoms with Crippen LogP contribution in [-0.4, -0.2) is 67.2 Å². The molecule has 1 aliphatic heterocycles. The van der Waals surface area contributed by atoms with Gasteiger partial charge in [0.1, 0.15) is 0 Å². The summed E-state index contributed by atoms with van der Waals surface area (Å²) in [5, 5.41) is 9.74. The van der Waals surface area contributed by atoms with Crippen LogP contribution >= 0.6 is 24.0 Å². The molecule has 5 rings (SSSR count). The van der Waals surface area contributed by atoms with E-state index in [0.29, 0.717) is 43.0 Å². The van der Waals surface area contributed by atoms with E-state index >= 15 is 0 Å². The van der Waals surface area contributed by atoms with Gasteiger partial charge in [-0.1, -0.05) is 17.7 Å². The van der Waals surface area contributed by atoms with Gasteiger partial charge in [0.2, 0.25) is 0 Å². The molecule has 1 fully saturated rings. The summed E-state index contributed by atoms with van der Waals surface area (Å²) in [6.07, 6.45) is 0.834. The molecular formula is C26H25Cl2F3N8O2. The Balaban J connectivity index is 0.00000387. The maximum Gasteiger partial charge on any atom is 0.435 e. The summed E-state index contributed by atoms with van der Waals surface area (Å²) in [5.74, 6) is -0.995. The summed E-state index contributed by atoms with van der Waals surface area (Å²) in [4.78, 5) is 35.5. The molecule has 0 aliphatic carbocycles. The van der Waals surface area contributed by atoms with Crippen molar-refractivity contribution in [2.75, 3.05) is 31.5 Å². The van der Waals surface area contributed by atoms with Crippen molar-refractivity contribution in [3.8, 4) is 11.3 Å². The molecular weight excluding hydrogens is 584 g/mol. The molecule has 1 saturated heterocycles. The smallest absolute Gasteiger partial charge is 0.336 e. The number of pyridine rings is 1. The third kappa shape index (κ3) is 6.53. The number of carbonyl (C=O) groups excluding carboxylic acids is 2. The summed E-state index contributed by atoms with van der Waals surface area (Å²) in [6, 6.07) is 7.92. The Bertz CT molecular complexity index is 1550. The number of nitrogens with zero attached hydrogens (tertiary/aromatic N) is 6. The topological polar surface area (TPSA) is 110 Å². The van der Waals surface area contributed by atoms with E-state index in [9.17, 15) is 22.8 Å². The molecule has 0 unspecified atom stereocenters. The van der Waals surface area contributed by atoms with Crippen LogP contribution in [0.3, 0.4) is 0 Å². The number of aromatic nitrogens is 5. The summed E-state index contributed by atoms with van der Waals surface area (Å²) in [7, 11) is 1.44. The van der Waals surface area contributed by atoms with Crippen LogP contribution in [0.25, 0.3) is 11.3 Å². The van der Waals surface area contributed by atoms with Crippen LogP contribution in [0.1, 0.15) is 32.2 Å². The number of alkyl halides is 3. The van der Waals surface area contributed by atoms with E-state index in [1.807, 2.05) is 0 Å². The highest BCUT2D eigenvalue weighted by Gasteiger charge is 2.38. The number of piperazine rings is 1. The van der Waals surface area contributed by atoms with Gasteiger partial charge in [-0.15, -0.1) is 12.4 Å². The number of benzene rings is 1. The Morgan fingerprint density at radius 1 is 1.15 bits per heavy atom. The first-order valence-corrected chi connectivity index (χ1v) is 12.7. The van der Waals surface area contributed by atoms with Gasteiger partial charge in [0.25, 0.3) is 11.8 Å². The van der Waals surface area contributed by atoms with E-state index in [1.54, 1.807) is 29.4 Å². The average Bonchev–Trinajstić information content (AvgIpc) is 3.53.